The van der Waals surface area contributed by atoms with E-state index in [4.69, 9.17) is 5.41 Å². The van der Waals surface area contributed by atoms with Crippen molar-refractivity contribution < 1.29 is 0 Å². The van der Waals surface area contributed by atoms with Crippen LogP contribution in [0.25, 0.3) is 0 Å². The molecule has 2 aliphatic carbocycles. The lowest BCUT2D eigenvalue weighted by molar-refractivity contribution is 0.0855. The predicted molar refractivity (Wildman–Crippen MR) is 112 cm³/mol. The first kappa shape index (κ1) is 20.5. The first-order chi connectivity index (χ1) is 12.9. The standard InChI is InChI=1S/C21H40N6/c1-15(2)20(25-26(4)16(3)14-17-6-7-17)24-21(22)23-18-8-10-19(11-9-18)27-12-5-13-27/h15,17-20,25H,3,5-14H2,1-2,4H3,(H3,22,23,24)/t18-,19-,20?. The van der Waals surface area contributed by atoms with Crippen molar-refractivity contribution in [3.8, 4) is 0 Å². The summed E-state index contributed by atoms with van der Waals surface area (Å²) in [5.41, 5.74) is 4.62. The van der Waals surface area contributed by atoms with Gasteiger partial charge in [-0.15, -0.1) is 0 Å². The van der Waals surface area contributed by atoms with Crippen molar-refractivity contribution in [1.29, 1.82) is 5.41 Å². The largest absolute Gasteiger partial charge is 0.354 e. The van der Waals surface area contributed by atoms with E-state index in [1.807, 2.05) is 12.1 Å². The van der Waals surface area contributed by atoms with Gasteiger partial charge in [0.05, 0.1) is 6.17 Å². The number of rotatable bonds is 9. The zero-order valence-corrected chi connectivity index (χ0v) is 17.6. The average molecular weight is 377 g/mol. The highest BCUT2D eigenvalue weighted by atomic mass is 15.5. The van der Waals surface area contributed by atoms with Crippen molar-refractivity contribution in [3.63, 3.8) is 0 Å². The van der Waals surface area contributed by atoms with Crippen molar-refractivity contribution in [2.45, 2.75) is 83.5 Å². The maximum atomic E-state index is 8.39. The van der Waals surface area contributed by atoms with E-state index >= 15 is 0 Å². The molecule has 1 atom stereocenters. The SMILES string of the molecule is C=C(CC1CC1)N(C)NC(NC(=N)N[C@H]1CC[C@H](N2CCC2)CC1)C(C)C. The van der Waals surface area contributed by atoms with Gasteiger partial charge >= 0.3 is 0 Å². The highest BCUT2D eigenvalue weighted by Gasteiger charge is 2.29. The predicted octanol–water partition coefficient (Wildman–Crippen LogP) is 2.85. The van der Waals surface area contributed by atoms with Crippen molar-refractivity contribution in [2.24, 2.45) is 11.8 Å². The van der Waals surface area contributed by atoms with Crippen molar-refractivity contribution >= 4 is 5.96 Å². The van der Waals surface area contributed by atoms with E-state index in [2.05, 4.69) is 41.4 Å². The van der Waals surface area contributed by atoms with Crippen LogP contribution in [0.5, 0.6) is 0 Å². The minimum atomic E-state index is 0.0170. The smallest absolute Gasteiger partial charge is 0.189 e. The molecule has 0 amide bonds. The lowest BCUT2D eigenvalue weighted by Gasteiger charge is -2.42. The van der Waals surface area contributed by atoms with Gasteiger partial charge in [0.2, 0.25) is 0 Å². The molecular weight excluding hydrogens is 336 g/mol. The fourth-order valence-electron chi connectivity index (χ4n) is 4.13. The molecule has 1 unspecified atom stereocenters. The Kier molecular flexibility index (Phi) is 7.04. The monoisotopic (exact) mass is 376 g/mol. The molecule has 4 N–H and O–H groups in total. The Balaban J connectivity index is 1.39. The lowest BCUT2D eigenvalue weighted by Crippen LogP contribution is -2.58. The van der Waals surface area contributed by atoms with E-state index in [0.29, 0.717) is 17.9 Å². The van der Waals surface area contributed by atoms with E-state index in [0.717, 1.165) is 24.1 Å². The third-order valence-electron chi connectivity index (χ3n) is 6.45. The van der Waals surface area contributed by atoms with Gasteiger partial charge in [-0.2, -0.15) is 0 Å². The molecule has 27 heavy (non-hydrogen) atoms. The third kappa shape index (κ3) is 6.11. The second-order valence-electron chi connectivity index (χ2n) is 9.18. The topological polar surface area (TPSA) is 66.4 Å². The summed E-state index contributed by atoms with van der Waals surface area (Å²) in [7, 11) is 2.04. The molecule has 1 saturated heterocycles. The summed E-state index contributed by atoms with van der Waals surface area (Å²) in [6.07, 6.45) is 10.0. The van der Waals surface area contributed by atoms with Crippen LogP contribution in [0.2, 0.25) is 0 Å². The first-order valence-electron chi connectivity index (χ1n) is 11.0. The van der Waals surface area contributed by atoms with Gasteiger partial charge < -0.3 is 20.5 Å². The maximum absolute atomic E-state index is 8.39. The molecule has 154 valence electrons. The van der Waals surface area contributed by atoms with Gasteiger partial charge in [-0.3, -0.25) is 5.41 Å². The van der Waals surface area contributed by atoms with Crippen LogP contribution in [0, 0.1) is 17.2 Å². The fraction of sp³-hybridized carbons (Fsp3) is 0.857. The van der Waals surface area contributed by atoms with Crippen LogP contribution in [-0.4, -0.2) is 54.3 Å². The molecule has 2 saturated carbocycles. The quantitative estimate of drug-likeness (QED) is 0.216. The second kappa shape index (κ2) is 9.28. The molecule has 0 aromatic carbocycles. The van der Waals surface area contributed by atoms with Crippen molar-refractivity contribution in [1.82, 2.24) is 26.0 Å². The molecule has 1 aliphatic heterocycles. The Morgan fingerprint density at radius 2 is 1.81 bits per heavy atom. The second-order valence-corrected chi connectivity index (χ2v) is 9.18. The van der Waals surface area contributed by atoms with Crippen molar-refractivity contribution in [3.05, 3.63) is 12.3 Å². The van der Waals surface area contributed by atoms with Crippen LogP contribution in [-0.2, 0) is 0 Å². The first-order valence-corrected chi connectivity index (χ1v) is 11.0. The molecule has 1 heterocycles. The van der Waals surface area contributed by atoms with Crippen LogP contribution in [0.1, 0.15) is 65.2 Å². The molecule has 0 radical (unpaired) electrons. The molecular formula is C21H40N6. The van der Waals surface area contributed by atoms with E-state index in [1.54, 1.807) is 0 Å². The summed E-state index contributed by atoms with van der Waals surface area (Å²) in [5, 5.41) is 17.2. The minimum Gasteiger partial charge on any atom is -0.354 e. The number of hydrogen-bond donors (Lipinski definition) is 4. The van der Waals surface area contributed by atoms with Crippen molar-refractivity contribution in [2.75, 3.05) is 20.1 Å². The minimum absolute atomic E-state index is 0.0170. The van der Waals surface area contributed by atoms with E-state index < -0.39 is 0 Å². The molecule has 0 bridgehead atoms. The van der Waals surface area contributed by atoms with Gasteiger partial charge in [0.1, 0.15) is 0 Å². The van der Waals surface area contributed by atoms with Crippen LogP contribution >= 0.6 is 0 Å². The summed E-state index contributed by atoms with van der Waals surface area (Å²) < 4.78 is 0. The Morgan fingerprint density at radius 1 is 1.15 bits per heavy atom. The zero-order valence-electron chi connectivity index (χ0n) is 17.6. The molecule has 0 aromatic heterocycles. The van der Waals surface area contributed by atoms with Gasteiger partial charge in [0.25, 0.3) is 0 Å². The van der Waals surface area contributed by atoms with Crippen LogP contribution in [0.3, 0.4) is 0 Å². The number of allylic oxidation sites excluding steroid dienone is 1. The number of guanidine groups is 1. The number of nitrogens with zero attached hydrogens (tertiary/aromatic N) is 2. The van der Waals surface area contributed by atoms with Gasteiger partial charge in [0.15, 0.2) is 5.96 Å². The van der Waals surface area contributed by atoms with Gasteiger partial charge in [-0.1, -0.05) is 20.4 Å². The Hall–Kier alpha value is -1.27. The molecule has 3 fully saturated rings. The zero-order chi connectivity index (χ0) is 19.4. The molecule has 0 spiro atoms. The Morgan fingerprint density at radius 3 is 2.33 bits per heavy atom. The van der Waals surface area contributed by atoms with Crippen LogP contribution in [0.4, 0.5) is 0 Å². The fourth-order valence-corrected chi connectivity index (χ4v) is 4.13. The summed E-state index contributed by atoms with van der Waals surface area (Å²) in [4.78, 5) is 2.63. The molecule has 3 rings (SSSR count). The summed E-state index contributed by atoms with van der Waals surface area (Å²) in [6.45, 7) is 11.2. The van der Waals surface area contributed by atoms with Crippen LogP contribution < -0.4 is 16.1 Å². The van der Waals surface area contributed by atoms with Gasteiger partial charge in [-0.25, -0.2) is 5.43 Å². The summed E-state index contributed by atoms with van der Waals surface area (Å²) >= 11 is 0. The third-order valence-corrected chi connectivity index (χ3v) is 6.45. The molecule has 0 aromatic rings. The summed E-state index contributed by atoms with van der Waals surface area (Å²) in [5.74, 6) is 1.64. The lowest BCUT2D eigenvalue weighted by atomic mass is 9.89. The Labute approximate surface area is 165 Å². The number of likely N-dealkylation sites (tertiary alicyclic amines) is 1. The normalized spacial score (nSPS) is 27.0. The highest BCUT2D eigenvalue weighted by molar-refractivity contribution is 5.77. The van der Waals surface area contributed by atoms with E-state index in [1.165, 1.54) is 58.0 Å². The van der Waals surface area contributed by atoms with E-state index in [9.17, 15) is 0 Å². The van der Waals surface area contributed by atoms with Gasteiger partial charge in [-0.05, 0) is 76.3 Å². The van der Waals surface area contributed by atoms with E-state index in [-0.39, 0.29) is 6.17 Å². The number of hydrogen-bond acceptors (Lipinski definition) is 4. The average Bonchev–Trinajstić information content (AvgIpc) is 3.38. The summed E-state index contributed by atoms with van der Waals surface area (Å²) in [6, 6.07) is 1.22. The van der Waals surface area contributed by atoms with Crippen LogP contribution in [0.15, 0.2) is 12.3 Å². The molecule has 3 aliphatic rings. The number of hydrazine groups is 1. The maximum Gasteiger partial charge on any atom is 0.189 e. The number of nitrogens with one attached hydrogen (secondary N) is 4. The highest BCUT2D eigenvalue weighted by Crippen LogP contribution is 2.35. The molecule has 6 heteroatoms. The van der Waals surface area contributed by atoms with Gasteiger partial charge in [0, 0.05) is 24.8 Å². The Bertz CT molecular complexity index is 503. The molecule has 6 nitrogen and oxygen atoms in total.